The second-order valence-corrected chi connectivity index (χ2v) is 4.19. The molecular formula is C12H9BrClN3. The topological polar surface area (TPSA) is 40.2 Å². The molecule has 2 aromatic carbocycles. The molecule has 0 bridgehead atoms. The maximum Gasteiger partial charge on any atom is 0.385 e. The smallest absolute Gasteiger partial charge is 0.385 e. The number of hydrogen-bond donors (Lipinski definition) is 1. The second-order valence-electron chi connectivity index (χ2n) is 3.28. The second kappa shape index (κ2) is 6.24. The number of rotatable bonds is 2. The third kappa shape index (κ3) is 3.74. The average Bonchev–Trinajstić information content (AvgIpc) is 2.33. The summed E-state index contributed by atoms with van der Waals surface area (Å²) in [4.78, 5) is 3.10. The molecule has 0 fully saturated rings. The van der Waals surface area contributed by atoms with Gasteiger partial charge in [-0.2, -0.15) is 0 Å². The van der Waals surface area contributed by atoms with E-state index >= 15 is 0 Å². The number of nitrogens with zero attached hydrogens (tertiary/aromatic N) is 2. The highest BCUT2D eigenvalue weighted by molar-refractivity contribution is 9.10. The molecule has 0 atom stereocenters. The molecule has 0 amide bonds. The van der Waals surface area contributed by atoms with Crippen molar-refractivity contribution in [3.8, 4) is 0 Å². The Morgan fingerprint density at radius 2 is 1.35 bits per heavy atom. The van der Waals surface area contributed by atoms with Crippen LogP contribution in [0.2, 0.25) is 0 Å². The Morgan fingerprint density at radius 3 is 1.82 bits per heavy atom. The van der Waals surface area contributed by atoms with E-state index in [-0.39, 0.29) is 12.4 Å². The lowest BCUT2D eigenvalue weighted by molar-refractivity contribution is -0.00000326. The SMILES string of the molecule is N#[N+]c1ccc(Nc2ccc(Br)cc2)cc1.[Cl-]. The van der Waals surface area contributed by atoms with E-state index in [1.807, 2.05) is 36.4 Å². The van der Waals surface area contributed by atoms with Crippen LogP contribution in [0.1, 0.15) is 0 Å². The molecule has 0 heterocycles. The Hall–Kier alpha value is -1.57. The first-order valence-electron chi connectivity index (χ1n) is 4.76. The predicted molar refractivity (Wildman–Crippen MR) is 68.6 cm³/mol. The van der Waals surface area contributed by atoms with Crippen molar-refractivity contribution < 1.29 is 12.4 Å². The summed E-state index contributed by atoms with van der Waals surface area (Å²) >= 11 is 3.38. The van der Waals surface area contributed by atoms with Gasteiger partial charge in [0.25, 0.3) is 0 Å². The molecule has 3 nitrogen and oxygen atoms in total. The molecule has 0 radical (unpaired) electrons. The highest BCUT2D eigenvalue weighted by Gasteiger charge is 2.02. The van der Waals surface area contributed by atoms with Gasteiger partial charge in [-0.25, -0.2) is 0 Å². The Labute approximate surface area is 114 Å². The van der Waals surface area contributed by atoms with Crippen LogP contribution in [0, 0.1) is 5.39 Å². The number of halogens is 2. The van der Waals surface area contributed by atoms with Crippen LogP contribution in [0.25, 0.3) is 4.98 Å². The fraction of sp³-hybridized carbons (Fsp3) is 0. The molecule has 0 aliphatic heterocycles. The van der Waals surface area contributed by atoms with Crippen molar-refractivity contribution in [2.24, 2.45) is 0 Å². The Bertz CT molecular complexity index is 517. The van der Waals surface area contributed by atoms with Crippen molar-refractivity contribution in [2.75, 3.05) is 5.32 Å². The van der Waals surface area contributed by atoms with Gasteiger partial charge in [0.2, 0.25) is 5.39 Å². The molecule has 0 spiro atoms. The van der Waals surface area contributed by atoms with Crippen LogP contribution >= 0.6 is 15.9 Å². The average molecular weight is 311 g/mol. The number of benzene rings is 2. The Morgan fingerprint density at radius 1 is 0.882 bits per heavy atom. The normalized spacial score (nSPS) is 8.94. The minimum absolute atomic E-state index is 0. The van der Waals surface area contributed by atoms with E-state index in [0.717, 1.165) is 15.8 Å². The van der Waals surface area contributed by atoms with E-state index < -0.39 is 0 Å². The minimum Gasteiger partial charge on any atom is -1.00 e. The summed E-state index contributed by atoms with van der Waals surface area (Å²) < 4.78 is 1.05. The quantitative estimate of drug-likeness (QED) is 0.858. The third-order valence-electron chi connectivity index (χ3n) is 2.12. The van der Waals surface area contributed by atoms with E-state index in [1.54, 1.807) is 12.1 Å². The van der Waals surface area contributed by atoms with Gasteiger partial charge in [-0.15, -0.1) is 0 Å². The molecule has 1 N–H and O–H groups in total. The minimum atomic E-state index is 0. The lowest BCUT2D eigenvalue weighted by Crippen LogP contribution is -3.00. The lowest BCUT2D eigenvalue weighted by atomic mass is 10.2. The monoisotopic (exact) mass is 309 g/mol. The van der Waals surface area contributed by atoms with Gasteiger partial charge in [-0.3, -0.25) is 0 Å². The Balaban J connectivity index is 0.00000144. The molecule has 0 aliphatic carbocycles. The van der Waals surface area contributed by atoms with E-state index in [0.29, 0.717) is 5.69 Å². The van der Waals surface area contributed by atoms with Crippen molar-refractivity contribution in [1.82, 2.24) is 0 Å². The van der Waals surface area contributed by atoms with Gasteiger partial charge in [-0.1, -0.05) is 15.9 Å². The van der Waals surface area contributed by atoms with Gasteiger partial charge in [0, 0.05) is 28.0 Å². The van der Waals surface area contributed by atoms with Crippen molar-refractivity contribution in [2.45, 2.75) is 0 Å². The van der Waals surface area contributed by atoms with Crippen LogP contribution in [-0.2, 0) is 0 Å². The molecular weight excluding hydrogens is 302 g/mol. The van der Waals surface area contributed by atoms with Crippen LogP contribution in [0.3, 0.4) is 0 Å². The molecule has 5 heteroatoms. The van der Waals surface area contributed by atoms with Gasteiger partial charge in [-0.05, 0) is 36.4 Å². The highest BCUT2D eigenvalue weighted by Crippen LogP contribution is 2.21. The van der Waals surface area contributed by atoms with E-state index in [4.69, 9.17) is 5.39 Å². The first-order chi connectivity index (χ1) is 7.78. The first-order valence-corrected chi connectivity index (χ1v) is 5.55. The van der Waals surface area contributed by atoms with Crippen molar-refractivity contribution in [3.05, 3.63) is 58.0 Å². The third-order valence-corrected chi connectivity index (χ3v) is 2.64. The molecule has 0 saturated heterocycles. The Kier molecular flexibility index (Phi) is 4.95. The van der Waals surface area contributed by atoms with Crippen LogP contribution in [-0.4, -0.2) is 0 Å². The fourth-order valence-electron chi connectivity index (χ4n) is 1.31. The molecule has 17 heavy (non-hydrogen) atoms. The van der Waals surface area contributed by atoms with Gasteiger partial charge < -0.3 is 17.7 Å². The van der Waals surface area contributed by atoms with Crippen LogP contribution < -0.4 is 17.7 Å². The summed E-state index contributed by atoms with van der Waals surface area (Å²) in [6, 6.07) is 15.1. The largest absolute Gasteiger partial charge is 1.00 e. The maximum atomic E-state index is 8.55. The lowest BCUT2D eigenvalue weighted by Gasteiger charge is -2.04. The van der Waals surface area contributed by atoms with Crippen LogP contribution in [0.15, 0.2) is 53.0 Å². The summed E-state index contributed by atoms with van der Waals surface area (Å²) in [5.41, 5.74) is 2.51. The summed E-state index contributed by atoms with van der Waals surface area (Å²) in [6.45, 7) is 0. The van der Waals surface area contributed by atoms with Gasteiger partial charge in [0.1, 0.15) is 0 Å². The zero-order valence-electron chi connectivity index (χ0n) is 8.77. The maximum absolute atomic E-state index is 8.55. The molecule has 0 unspecified atom stereocenters. The molecule has 2 rings (SSSR count). The van der Waals surface area contributed by atoms with E-state index in [9.17, 15) is 0 Å². The summed E-state index contributed by atoms with van der Waals surface area (Å²) in [5.74, 6) is 0. The summed E-state index contributed by atoms with van der Waals surface area (Å²) in [5, 5.41) is 11.8. The van der Waals surface area contributed by atoms with Gasteiger partial charge >= 0.3 is 5.69 Å². The standard InChI is InChI=1S/C12H9BrN3.ClH/c13-9-1-3-10(4-2-9)15-11-5-7-12(16-14)8-6-11;/h1-8,15H;1H/q+1;/p-1. The molecule has 0 saturated carbocycles. The van der Waals surface area contributed by atoms with Gasteiger partial charge in [0.15, 0.2) is 4.98 Å². The number of nitrogens with one attached hydrogen (secondary N) is 1. The molecule has 2 aromatic rings. The number of diazo groups is 1. The van der Waals surface area contributed by atoms with Crippen LogP contribution in [0.5, 0.6) is 0 Å². The van der Waals surface area contributed by atoms with E-state index in [2.05, 4.69) is 26.2 Å². The zero-order valence-corrected chi connectivity index (χ0v) is 11.1. The zero-order chi connectivity index (χ0) is 11.4. The molecule has 0 aromatic heterocycles. The van der Waals surface area contributed by atoms with Crippen molar-refractivity contribution >= 4 is 33.0 Å². The highest BCUT2D eigenvalue weighted by atomic mass is 79.9. The summed E-state index contributed by atoms with van der Waals surface area (Å²) in [6.07, 6.45) is 0. The van der Waals surface area contributed by atoms with Crippen LogP contribution in [0.4, 0.5) is 17.1 Å². The molecule has 86 valence electrons. The van der Waals surface area contributed by atoms with Crippen molar-refractivity contribution in [1.29, 1.82) is 5.39 Å². The number of anilines is 2. The van der Waals surface area contributed by atoms with Crippen molar-refractivity contribution in [3.63, 3.8) is 0 Å². The number of hydrogen-bond acceptors (Lipinski definition) is 2. The van der Waals surface area contributed by atoms with E-state index in [1.165, 1.54) is 0 Å². The first kappa shape index (κ1) is 13.5. The summed E-state index contributed by atoms with van der Waals surface area (Å²) in [7, 11) is 0. The molecule has 0 aliphatic rings. The fourth-order valence-corrected chi connectivity index (χ4v) is 1.58. The predicted octanol–water partition coefficient (Wildman–Crippen LogP) is 1.68. The van der Waals surface area contributed by atoms with Gasteiger partial charge in [0.05, 0.1) is 0 Å².